The third-order valence-electron chi connectivity index (χ3n) is 4.77. The van der Waals surface area contributed by atoms with Gasteiger partial charge in [0.25, 0.3) is 5.91 Å². The first-order valence-electron chi connectivity index (χ1n) is 9.88. The van der Waals surface area contributed by atoms with Gasteiger partial charge in [-0.25, -0.2) is 9.97 Å². The standard InChI is InChI=1S/C21H29N5O2/c1-3-26(16-18-7-5-4-6-8-18)20(27)19-15-17(2)23-21(24-19)22-9-10-25-11-13-28-14-12-25/h4-8,15H,3,9-14,16H2,1-2H3,(H,22,23,24). The summed E-state index contributed by atoms with van der Waals surface area (Å²) in [4.78, 5) is 26.0. The van der Waals surface area contributed by atoms with E-state index in [1.807, 2.05) is 44.2 Å². The van der Waals surface area contributed by atoms with E-state index in [4.69, 9.17) is 4.74 Å². The number of carbonyl (C=O) groups is 1. The number of benzene rings is 1. The molecule has 0 radical (unpaired) electrons. The minimum atomic E-state index is -0.0758. The van der Waals surface area contributed by atoms with Crippen molar-refractivity contribution in [1.29, 1.82) is 0 Å². The van der Waals surface area contributed by atoms with Gasteiger partial charge in [-0.3, -0.25) is 9.69 Å². The van der Waals surface area contributed by atoms with Crippen LogP contribution in [-0.4, -0.2) is 71.6 Å². The molecule has 0 atom stereocenters. The number of nitrogens with one attached hydrogen (secondary N) is 1. The number of anilines is 1. The monoisotopic (exact) mass is 383 g/mol. The van der Waals surface area contributed by atoms with E-state index in [1.165, 1.54) is 0 Å². The lowest BCUT2D eigenvalue weighted by molar-refractivity contribution is 0.0398. The van der Waals surface area contributed by atoms with E-state index in [0.717, 1.165) is 50.7 Å². The number of nitrogens with zero attached hydrogens (tertiary/aromatic N) is 4. The highest BCUT2D eigenvalue weighted by Gasteiger charge is 2.18. The summed E-state index contributed by atoms with van der Waals surface area (Å²) in [6, 6.07) is 11.8. The molecule has 2 aromatic rings. The molecular formula is C21H29N5O2. The van der Waals surface area contributed by atoms with Crippen molar-refractivity contribution in [1.82, 2.24) is 19.8 Å². The first kappa shape index (κ1) is 20.2. The van der Waals surface area contributed by atoms with Crippen LogP contribution in [0.3, 0.4) is 0 Å². The van der Waals surface area contributed by atoms with Crippen molar-refractivity contribution in [2.75, 3.05) is 51.3 Å². The second-order valence-corrected chi connectivity index (χ2v) is 6.90. The quantitative estimate of drug-likeness (QED) is 0.754. The van der Waals surface area contributed by atoms with Gasteiger partial charge in [0.2, 0.25) is 5.95 Å². The van der Waals surface area contributed by atoms with E-state index in [1.54, 1.807) is 11.0 Å². The number of carbonyl (C=O) groups excluding carboxylic acids is 1. The Hall–Kier alpha value is -2.51. The zero-order valence-electron chi connectivity index (χ0n) is 16.7. The Labute approximate surface area is 166 Å². The molecule has 0 saturated carbocycles. The predicted octanol–water partition coefficient (Wildman–Crippen LogP) is 2.19. The highest BCUT2D eigenvalue weighted by Crippen LogP contribution is 2.11. The summed E-state index contributed by atoms with van der Waals surface area (Å²) in [5, 5.41) is 3.26. The molecule has 0 aliphatic carbocycles. The molecule has 1 amide bonds. The summed E-state index contributed by atoms with van der Waals surface area (Å²) in [7, 11) is 0. The van der Waals surface area contributed by atoms with Crippen LogP contribution in [0.15, 0.2) is 36.4 Å². The molecule has 0 unspecified atom stereocenters. The molecule has 0 spiro atoms. The molecule has 1 aliphatic heterocycles. The van der Waals surface area contributed by atoms with Crippen LogP contribution < -0.4 is 5.32 Å². The van der Waals surface area contributed by atoms with Gasteiger partial charge in [0.15, 0.2) is 0 Å². The molecule has 150 valence electrons. The van der Waals surface area contributed by atoms with Crippen LogP contribution in [0.5, 0.6) is 0 Å². The topological polar surface area (TPSA) is 70.6 Å². The van der Waals surface area contributed by atoms with Gasteiger partial charge in [0.05, 0.1) is 13.2 Å². The van der Waals surface area contributed by atoms with E-state index >= 15 is 0 Å². The number of rotatable bonds is 8. The van der Waals surface area contributed by atoms with Crippen LogP contribution in [0.25, 0.3) is 0 Å². The Kier molecular flexibility index (Phi) is 7.33. The SMILES string of the molecule is CCN(Cc1ccccc1)C(=O)c1cc(C)nc(NCCN2CCOCC2)n1. The lowest BCUT2D eigenvalue weighted by atomic mass is 10.2. The molecule has 1 N–H and O–H groups in total. The zero-order chi connectivity index (χ0) is 19.8. The molecule has 1 aromatic carbocycles. The molecule has 7 heteroatoms. The normalized spacial score (nSPS) is 14.6. The lowest BCUT2D eigenvalue weighted by Gasteiger charge is -2.26. The van der Waals surface area contributed by atoms with Crippen LogP contribution >= 0.6 is 0 Å². The Bertz CT molecular complexity index is 763. The Morgan fingerprint density at radius 3 is 2.68 bits per heavy atom. The molecule has 1 fully saturated rings. The van der Waals surface area contributed by atoms with E-state index < -0.39 is 0 Å². The fraction of sp³-hybridized carbons (Fsp3) is 0.476. The van der Waals surface area contributed by atoms with Gasteiger partial charge in [-0.2, -0.15) is 0 Å². The number of aromatic nitrogens is 2. The molecule has 7 nitrogen and oxygen atoms in total. The number of aryl methyl sites for hydroxylation is 1. The Morgan fingerprint density at radius 1 is 1.21 bits per heavy atom. The fourth-order valence-electron chi connectivity index (χ4n) is 3.20. The van der Waals surface area contributed by atoms with Crippen molar-refractivity contribution < 1.29 is 9.53 Å². The van der Waals surface area contributed by atoms with Crippen molar-refractivity contribution in [2.45, 2.75) is 20.4 Å². The van der Waals surface area contributed by atoms with Crippen molar-refractivity contribution in [3.63, 3.8) is 0 Å². The summed E-state index contributed by atoms with van der Waals surface area (Å²) in [5.74, 6) is 0.431. The maximum absolute atomic E-state index is 13.0. The first-order valence-corrected chi connectivity index (χ1v) is 9.88. The van der Waals surface area contributed by atoms with Gasteiger partial charge < -0.3 is 15.0 Å². The van der Waals surface area contributed by atoms with Gasteiger partial charge in [0.1, 0.15) is 5.69 Å². The maximum atomic E-state index is 13.0. The van der Waals surface area contributed by atoms with E-state index in [2.05, 4.69) is 20.2 Å². The van der Waals surface area contributed by atoms with Gasteiger partial charge in [-0.05, 0) is 25.5 Å². The average molecular weight is 383 g/mol. The average Bonchev–Trinajstić information content (AvgIpc) is 2.72. The number of hydrogen-bond donors (Lipinski definition) is 1. The van der Waals surface area contributed by atoms with Crippen LogP contribution in [0.2, 0.25) is 0 Å². The summed E-state index contributed by atoms with van der Waals surface area (Å²) in [6.45, 7) is 10.2. The molecule has 3 rings (SSSR count). The van der Waals surface area contributed by atoms with E-state index in [9.17, 15) is 4.79 Å². The van der Waals surface area contributed by atoms with E-state index in [-0.39, 0.29) is 5.91 Å². The van der Waals surface area contributed by atoms with Gasteiger partial charge in [-0.15, -0.1) is 0 Å². The van der Waals surface area contributed by atoms with Crippen molar-refractivity contribution in [3.05, 3.63) is 53.3 Å². The third-order valence-corrected chi connectivity index (χ3v) is 4.77. The number of hydrogen-bond acceptors (Lipinski definition) is 6. The lowest BCUT2D eigenvalue weighted by Crippen LogP contribution is -2.39. The van der Waals surface area contributed by atoms with E-state index in [0.29, 0.717) is 24.7 Å². The second-order valence-electron chi connectivity index (χ2n) is 6.90. The molecule has 28 heavy (non-hydrogen) atoms. The highest BCUT2D eigenvalue weighted by molar-refractivity contribution is 5.92. The summed E-state index contributed by atoms with van der Waals surface area (Å²) < 4.78 is 5.37. The predicted molar refractivity (Wildman–Crippen MR) is 109 cm³/mol. The van der Waals surface area contributed by atoms with Gasteiger partial charge >= 0.3 is 0 Å². The minimum absolute atomic E-state index is 0.0758. The number of amides is 1. The first-order chi connectivity index (χ1) is 13.7. The summed E-state index contributed by atoms with van der Waals surface area (Å²) in [6.07, 6.45) is 0. The number of ether oxygens (including phenoxy) is 1. The van der Waals surface area contributed by atoms with Crippen LogP contribution in [0.1, 0.15) is 28.7 Å². The van der Waals surface area contributed by atoms with Gasteiger partial charge in [-0.1, -0.05) is 30.3 Å². The Morgan fingerprint density at radius 2 is 1.96 bits per heavy atom. The van der Waals surface area contributed by atoms with Crippen molar-refractivity contribution in [2.24, 2.45) is 0 Å². The minimum Gasteiger partial charge on any atom is -0.379 e. The molecule has 2 heterocycles. The van der Waals surface area contributed by atoms with Crippen molar-refractivity contribution >= 4 is 11.9 Å². The van der Waals surface area contributed by atoms with Gasteiger partial charge in [0, 0.05) is 45.0 Å². The smallest absolute Gasteiger partial charge is 0.272 e. The second kappa shape index (κ2) is 10.1. The fourth-order valence-corrected chi connectivity index (χ4v) is 3.20. The zero-order valence-corrected chi connectivity index (χ0v) is 16.7. The largest absolute Gasteiger partial charge is 0.379 e. The maximum Gasteiger partial charge on any atom is 0.272 e. The van der Waals surface area contributed by atoms with Crippen molar-refractivity contribution in [3.8, 4) is 0 Å². The Balaban J connectivity index is 1.62. The third kappa shape index (κ3) is 5.74. The summed E-state index contributed by atoms with van der Waals surface area (Å²) >= 11 is 0. The molecule has 1 aliphatic rings. The molecular weight excluding hydrogens is 354 g/mol. The molecule has 0 bridgehead atoms. The molecule has 1 saturated heterocycles. The highest BCUT2D eigenvalue weighted by atomic mass is 16.5. The number of morpholine rings is 1. The molecule has 1 aromatic heterocycles. The summed E-state index contributed by atoms with van der Waals surface area (Å²) in [5.41, 5.74) is 2.31. The van der Waals surface area contributed by atoms with Crippen LogP contribution in [0.4, 0.5) is 5.95 Å². The van der Waals surface area contributed by atoms with Crippen LogP contribution in [-0.2, 0) is 11.3 Å². The van der Waals surface area contributed by atoms with Crippen LogP contribution in [0, 0.1) is 6.92 Å².